The van der Waals surface area contributed by atoms with Crippen molar-refractivity contribution in [1.29, 1.82) is 0 Å². The van der Waals surface area contributed by atoms with Gasteiger partial charge in [-0.2, -0.15) is 0 Å². The van der Waals surface area contributed by atoms with Crippen LogP contribution in [0.5, 0.6) is 11.7 Å². The van der Waals surface area contributed by atoms with Gasteiger partial charge in [0, 0.05) is 47.4 Å². The molecular weight excluding hydrogens is 509 g/mol. The number of esters is 1. The van der Waals surface area contributed by atoms with Crippen molar-refractivity contribution in [3.63, 3.8) is 0 Å². The van der Waals surface area contributed by atoms with Gasteiger partial charge < -0.3 is 24.2 Å². The molecule has 8 heteroatoms. The molecule has 0 amide bonds. The lowest BCUT2D eigenvalue weighted by Gasteiger charge is -2.34. The van der Waals surface area contributed by atoms with E-state index in [0.29, 0.717) is 22.7 Å². The first-order valence-electron chi connectivity index (χ1n) is 10.3. The maximum Gasteiger partial charge on any atom is 0.340 e. The smallest absolute Gasteiger partial charge is 0.340 e. The van der Waals surface area contributed by atoms with Crippen molar-refractivity contribution >= 4 is 40.1 Å². The fourth-order valence-electron chi connectivity index (χ4n) is 4.49. The predicted molar refractivity (Wildman–Crippen MR) is 126 cm³/mol. The summed E-state index contributed by atoms with van der Waals surface area (Å²) >= 11 is 2.39. The van der Waals surface area contributed by atoms with Crippen LogP contribution < -0.4 is 15.0 Å². The minimum absolute atomic E-state index is 0.231. The highest BCUT2D eigenvalue weighted by molar-refractivity contribution is 14.1. The molecule has 1 unspecified atom stereocenters. The quantitative estimate of drug-likeness (QED) is 0.275. The number of benzene rings is 2. The number of nitrogens with zero attached hydrogens (tertiary/aromatic N) is 2. The van der Waals surface area contributed by atoms with Gasteiger partial charge in [0.05, 0.1) is 5.56 Å². The van der Waals surface area contributed by atoms with Gasteiger partial charge in [-0.3, -0.25) is 0 Å². The molecule has 1 atom stereocenters. The average Bonchev–Trinajstić information content (AvgIpc) is 3.33. The zero-order valence-electron chi connectivity index (χ0n) is 17.3. The Bertz CT molecular complexity index is 1160. The molecule has 0 aliphatic carbocycles. The van der Waals surface area contributed by atoms with Crippen LogP contribution in [-0.4, -0.2) is 35.7 Å². The standard InChI is InChI=1S/C23H22IN3O4/c1-3-11-27(12-10-24)14-8-9-17-18(13-14)29-22-19(20(25-2)26-31-22)23(17)16-7-5-4-6-15(16)21(28)30-23/h4-9,13H,3,10-12H2,1-2H3,(H,25,26). The molecule has 0 saturated carbocycles. The maximum absolute atomic E-state index is 12.9. The third-order valence-corrected chi connectivity index (χ3v) is 6.26. The number of carbonyl (C=O) groups excluding carboxylic acids is 1. The number of halogens is 1. The average molecular weight is 531 g/mol. The Morgan fingerprint density at radius 2 is 2.00 bits per heavy atom. The van der Waals surface area contributed by atoms with Crippen molar-refractivity contribution in [2.45, 2.75) is 18.9 Å². The van der Waals surface area contributed by atoms with Crippen molar-refractivity contribution < 1.29 is 18.8 Å². The molecule has 2 aliphatic heterocycles. The highest BCUT2D eigenvalue weighted by Crippen LogP contribution is 2.58. The van der Waals surface area contributed by atoms with Crippen LogP contribution in [0.25, 0.3) is 0 Å². The van der Waals surface area contributed by atoms with Crippen LogP contribution in [0, 0.1) is 0 Å². The Hall–Kier alpha value is -2.75. The highest BCUT2D eigenvalue weighted by Gasteiger charge is 2.57. The SMILES string of the molecule is CCCN(CCI)c1ccc2c(c1)Oc1onc(NC)c1C21OC(=O)c2ccccc21. The molecule has 0 bridgehead atoms. The number of carbonyl (C=O) groups is 1. The van der Waals surface area contributed by atoms with E-state index in [1.54, 1.807) is 13.1 Å². The Balaban J connectivity index is 1.74. The van der Waals surface area contributed by atoms with Crippen LogP contribution in [0.15, 0.2) is 47.0 Å². The van der Waals surface area contributed by atoms with E-state index in [1.807, 2.05) is 30.3 Å². The molecule has 160 valence electrons. The molecule has 1 aromatic heterocycles. The van der Waals surface area contributed by atoms with Crippen LogP contribution >= 0.6 is 22.6 Å². The fraction of sp³-hybridized carbons (Fsp3) is 0.304. The summed E-state index contributed by atoms with van der Waals surface area (Å²) < 4.78 is 18.8. The third kappa shape index (κ3) is 2.91. The van der Waals surface area contributed by atoms with Crippen molar-refractivity contribution in [2.24, 2.45) is 0 Å². The summed E-state index contributed by atoms with van der Waals surface area (Å²) in [6.07, 6.45) is 1.04. The number of anilines is 2. The van der Waals surface area contributed by atoms with Crippen LogP contribution in [-0.2, 0) is 10.3 Å². The van der Waals surface area contributed by atoms with Crippen molar-refractivity contribution in [2.75, 3.05) is 34.8 Å². The molecule has 0 radical (unpaired) electrons. The lowest BCUT2D eigenvalue weighted by molar-refractivity contribution is 0.0217. The second-order valence-electron chi connectivity index (χ2n) is 7.52. The van der Waals surface area contributed by atoms with E-state index in [4.69, 9.17) is 14.0 Å². The van der Waals surface area contributed by atoms with E-state index < -0.39 is 5.60 Å². The van der Waals surface area contributed by atoms with Gasteiger partial charge in [-0.05, 0) is 24.6 Å². The molecule has 3 heterocycles. The number of fused-ring (bicyclic) bond motifs is 6. The van der Waals surface area contributed by atoms with Crippen LogP contribution in [0.1, 0.15) is 40.4 Å². The van der Waals surface area contributed by atoms with Gasteiger partial charge in [0.2, 0.25) is 5.60 Å². The minimum Gasteiger partial charge on any atom is -0.440 e. The van der Waals surface area contributed by atoms with Gasteiger partial charge >= 0.3 is 11.9 Å². The van der Waals surface area contributed by atoms with Gasteiger partial charge in [-0.1, -0.05) is 52.9 Å². The summed E-state index contributed by atoms with van der Waals surface area (Å²) in [7, 11) is 1.75. The predicted octanol–water partition coefficient (Wildman–Crippen LogP) is 4.94. The van der Waals surface area contributed by atoms with E-state index >= 15 is 0 Å². The second-order valence-corrected chi connectivity index (χ2v) is 8.60. The number of hydrogen-bond donors (Lipinski definition) is 1. The number of alkyl halides is 1. The molecule has 1 spiro atoms. The topological polar surface area (TPSA) is 76.8 Å². The molecule has 0 saturated heterocycles. The van der Waals surface area contributed by atoms with E-state index in [-0.39, 0.29) is 11.9 Å². The van der Waals surface area contributed by atoms with Gasteiger partial charge in [0.15, 0.2) is 5.82 Å². The summed E-state index contributed by atoms with van der Waals surface area (Å²) in [6.45, 7) is 4.05. The molecule has 2 aliphatic rings. The van der Waals surface area contributed by atoms with Crippen molar-refractivity contribution in [1.82, 2.24) is 5.16 Å². The van der Waals surface area contributed by atoms with Gasteiger partial charge in [-0.15, -0.1) is 0 Å². The number of ether oxygens (including phenoxy) is 2. The van der Waals surface area contributed by atoms with E-state index in [0.717, 1.165) is 40.8 Å². The number of nitrogens with one attached hydrogen (secondary N) is 1. The molecule has 0 fully saturated rings. The second kappa shape index (κ2) is 7.74. The Morgan fingerprint density at radius 1 is 1.16 bits per heavy atom. The third-order valence-electron chi connectivity index (χ3n) is 5.78. The number of aromatic nitrogens is 1. The first-order valence-corrected chi connectivity index (χ1v) is 11.8. The summed E-state index contributed by atoms with van der Waals surface area (Å²) in [5.74, 6) is 0.934. The highest BCUT2D eigenvalue weighted by atomic mass is 127. The molecule has 7 nitrogen and oxygen atoms in total. The zero-order valence-corrected chi connectivity index (χ0v) is 19.4. The summed E-state index contributed by atoms with van der Waals surface area (Å²) in [6, 6.07) is 13.5. The number of hydrogen-bond acceptors (Lipinski definition) is 7. The molecule has 2 aromatic carbocycles. The zero-order chi connectivity index (χ0) is 21.6. The Labute approximate surface area is 193 Å². The van der Waals surface area contributed by atoms with Gasteiger partial charge in [0.1, 0.15) is 11.3 Å². The lowest BCUT2D eigenvalue weighted by atomic mass is 9.79. The van der Waals surface area contributed by atoms with Crippen molar-refractivity contribution in [3.05, 3.63) is 64.7 Å². The van der Waals surface area contributed by atoms with Gasteiger partial charge in [0.25, 0.3) is 0 Å². The molecule has 3 aromatic rings. The summed E-state index contributed by atoms with van der Waals surface area (Å²) in [5.41, 5.74) is 2.51. The largest absolute Gasteiger partial charge is 0.440 e. The number of rotatable bonds is 6. The summed E-state index contributed by atoms with van der Waals surface area (Å²) in [5, 5.41) is 7.16. The lowest BCUT2D eigenvalue weighted by Crippen LogP contribution is -2.33. The maximum atomic E-state index is 12.9. The first kappa shape index (κ1) is 20.2. The van der Waals surface area contributed by atoms with E-state index in [9.17, 15) is 4.79 Å². The summed E-state index contributed by atoms with van der Waals surface area (Å²) in [4.78, 5) is 15.2. The van der Waals surface area contributed by atoms with E-state index in [1.165, 1.54) is 0 Å². The van der Waals surface area contributed by atoms with E-state index in [2.05, 4.69) is 51.0 Å². The van der Waals surface area contributed by atoms with Gasteiger partial charge in [-0.25, -0.2) is 4.79 Å². The van der Waals surface area contributed by atoms with Crippen molar-refractivity contribution in [3.8, 4) is 11.7 Å². The monoisotopic (exact) mass is 531 g/mol. The van der Waals surface area contributed by atoms with Crippen LogP contribution in [0.4, 0.5) is 11.5 Å². The fourth-order valence-corrected chi connectivity index (χ4v) is 5.07. The van der Waals surface area contributed by atoms with Crippen LogP contribution in [0.3, 0.4) is 0 Å². The Morgan fingerprint density at radius 3 is 2.77 bits per heavy atom. The first-order chi connectivity index (χ1) is 15.1. The normalized spacial score (nSPS) is 18.1. The molecule has 31 heavy (non-hydrogen) atoms. The molecular formula is C23H22IN3O4. The minimum atomic E-state index is -1.17. The molecule has 1 N–H and O–H groups in total. The molecule has 5 rings (SSSR count). The van der Waals surface area contributed by atoms with Crippen LogP contribution in [0.2, 0.25) is 0 Å². The Kier molecular flexibility index (Phi) is 5.04.